The van der Waals surface area contributed by atoms with Gasteiger partial charge in [0.1, 0.15) is 0 Å². The quantitative estimate of drug-likeness (QED) is 0.813. The summed E-state index contributed by atoms with van der Waals surface area (Å²) < 4.78 is 1.15. The second kappa shape index (κ2) is 5.64. The molecule has 1 N–H and O–H groups in total. The fourth-order valence-electron chi connectivity index (χ4n) is 3.08. The van der Waals surface area contributed by atoms with Crippen LogP contribution in [0.4, 0.5) is 0 Å². The summed E-state index contributed by atoms with van der Waals surface area (Å²) in [4.78, 5) is 14.9. The molecule has 0 bridgehead atoms. The first kappa shape index (κ1) is 14.3. The lowest BCUT2D eigenvalue weighted by Crippen LogP contribution is -2.37. The molecule has 1 saturated carbocycles. The zero-order valence-electron chi connectivity index (χ0n) is 12.0. The summed E-state index contributed by atoms with van der Waals surface area (Å²) in [5.41, 5.74) is 1.99. The summed E-state index contributed by atoms with van der Waals surface area (Å²) in [6.45, 7) is 5.36. The number of hydrogen-bond donors (Lipinski definition) is 1. The third-order valence-electron chi connectivity index (χ3n) is 4.41. The Kier molecular flexibility index (Phi) is 4.04. The Bertz CT molecular complexity index is 527. The highest BCUT2D eigenvalue weighted by atomic mass is 127. The van der Waals surface area contributed by atoms with E-state index in [0.717, 1.165) is 28.1 Å². The zero-order valence-corrected chi connectivity index (χ0v) is 14.2. The van der Waals surface area contributed by atoms with Gasteiger partial charge in [0.25, 0.3) is 5.91 Å². The molecule has 3 rings (SSSR count). The van der Waals surface area contributed by atoms with Gasteiger partial charge in [0.05, 0.1) is 0 Å². The molecular weight excluding hydrogens is 363 g/mol. The van der Waals surface area contributed by atoms with Crippen molar-refractivity contribution in [1.82, 2.24) is 10.2 Å². The van der Waals surface area contributed by atoms with E-state index in [-0.39, 0.29) is 5.91 Å². The number of aryl methyl sites for hydroxylation is 1. The van der Waals surface area contributed by atoms with Crippen LogP contribution < -0.4 is 5.32 Å². The minimum absolute atomic E-state index is 0.0674. The van der Waals surface area contributed by atoms with Crippen molar-refractivity contribution in [3.63, 3.8) is 0 Å². The SMILES string of the molecule is Cc1ccc(C(=O)N[C@@H]2C[C@H](C)N(C3CC3)C2)cc1I. The molecule has 2 fully saturated rings. The van der Waals surface area contributed by atoms with Gasteiger partial charge in [-0.05, 0) is 73.4 Å². The van der Waals surface area contributed by atoms with Gasteiger partial charge < -0.3 is 5.32 Å². The number of benzene rings is 1. The minimum Gasteiger partial charge on any atom is -0.348 e. The Balaban J connectivity index is 1.62. The van der Waals surface area contributed by atoms with E-state index < -0.39 is 0 Å². The van der Waals surface area contributed by atoms with E-state index >= 15 is 0 Å². The molecule has 108 valence electrons. The van der Waals surface area contributed by atoms with E-state index in [1.165, 1.54) is 18.4 Å². The van der Waals surface area contributed by atoms with Crippen molar-refractivity contribution in [3.8, 4) is 0 Å². The van der Waals surface area contributed by atoms with Crippen LogP contribution in [0.15, 0.2) is 18.2 Å². The molecule has 20 heavy (non-hydrogen) atoms. The molecule has 1 saturated heterocycles. The van der Waals surface area contributed by atoms with Crippen molar-refractivity contribution in [2.75, 3.05) is 6.54 Å². The monoisotopic (exact) mass is 384 g/mol. The van der Waals surface area contributed by atoms with Gasteiger partial charge in [-0.15, -0.1) is 0 Å². The molecule has 1 amide bonds. The van der Waals surface area contributed by atoms with Crippen LogP contribution in [0.5, 0.6) is 0 Å². The van der Waals surface area contributed by atoms with Gasteiger partial charge in [-0.25, -0.2) is 0 Å². The van der Waals surface area contributed by atoms with E-state index in [0.29, 0.717) is 12.1 Å². The third-order valence-corrected chi connectivity index (χ3v) is 5.57. The summed E-state index contributed by atoms with van der Waals surface area (Å²) in [6.07, 6.45) is 3.74. The smallest absolute Gasteiger partial charge is 0.251 e. The summed E-state index contributed by atoms with van der Waals surface area (Å²) in [5.74, 6) is 0.0674. The second-order valence-electron chi connectivity index (χ2n) is 6.15. The highest BCUT2D eigenvalue weighted by Crippen LogP contribution is 2.33. The number of halogens is 1. The van der Waals surface area contributed by atoms with Crippen LogP contribution in [0.2, 0.25) is 0 Å². The van der Waals surface area contributed by atoms with Gasteiger partial charge in [0, 0.05) is 33.8 Å². The van der Waals surface area contributed by atoms with Gasteiger partial charge in [-0.1, -0.05) is 6.07 Å². The molecule has 2 aliphatic rings. The molecule has 0 radical (unpaired) electrons. The summed E-state index contributed by atoms with van der Waals surface area (Å²) in [6, 6.07) is 7.60. The molecule has 1 aromatic rings. The van der Waals surface area contributed by atoms with Crippen LogP contribution in [0, 0.1) is 10.5 Å². The number of carbonyl (C=O) groups is 1. The van der Waals surface area contributed by atoms with Crippen molar-refractivity contribution in [2.24, 2.45) is 0 Å². The maximum atomic E-state index is 12.3. The highest BCUT2D eigenvalue weighted by Gasteiger charge is 2.39. The Morgan fingerprint density at radius 3 is 2.80 bits per heavy atom. The first-order valence-electron chi connectivity index (χ1n) is 7.37. The largest absolute Gasteiger partial charge is 0.348 e. The second-order valence-corrected chi connectivity index (χ2v) is 7.31. The molecule has 1 heterocycles. The lowest BCUT2D eigenvalue weighted by molar-refractivity contribution is 0.0937. The van der Waals surface area contributed by atoms with Gasteiger partial charge in [0.2, 0.25) is 0 Å². The standard InChI is InChI=1S/C16H21IN2O/c1-10-3-4-12(8-15(10)17)16(20)18-13-7-11(2)19(9-13)14-5-6-14/h3-4,8,11,13-14H,5-7,9H2,1-2H3,(H,18,20)/t11-,13+/m0/s1. The molecule has 0 unspecified atom stereocenters. The van der Waals surface area contributed by atoms with Gasteiger partial charge >= 0.3 is 0 Å². The van der Waals surface area contributed by atoms with Crippen molar-refractivity contribution < 1.29 is 4.79 Å². The number of nitrogens with zero attached hydrogens (tertiary/aromatic N) is 1. The van der Waals surface area contributed by atoms with Crippen LogP contribution >= 0.6 is 22.6 Å². The lowest BCUT2D eigenvalue weighted by Gasteiger charge is -2.19. The van der Waals surface area contributed by atoms with E-state index in [9.17, 15) is 4.79 Å². The molecule has 0 spiro atoms. The van der Waals surface area contributed by atoms with E-state index in [4.69, 9.17) is 0 Å². The Hall–Kier alpha value is -0.620. The molecule has 2 atom stereocenters. The average molecular weight is 384 g/mol. The number of hydrogen-bond acceptors (Lipinski definition) is 2. The number of carbonyl (C=O) groups excluding carboxylic acids is 1. The van der Waals surface area contributed by atoms with Crippen molar-refractivity contribution in [3.05, 3.63) is 32.9 Å². The van der Waals surface area contributed by atoms with Crippen LogP contribution in [0.3, 0.4) is 0 Å². The first-order chi connectivity index (χ1) is 9.54. The summed E-state index contributed by atoms with van der Waals surface area (Å²) in [7, 11) is 0. The predicted molar refractivity (Wildman–Crippen MR) is 89.0 cm³/mol. The number of amides is 1. The fourth-order valence-corrected chi connectivity index (χ4v) is 3.59. The number of nitrogens with one attached hydrogen (secondary N) is 1. The Morgan fingerprint density at radius 1 is 1.40 bits per heavy atom. The van der Waals surface area contributed by atoms with Crippen molar-refractivity contribution >= 4 is 28.5 Å². The Morgan fingerprint density at radius 2 is 2.15 bits per heavy atom. The van der Waals surface area contributed by atoms with E-state index in [2.05, 4.69) is 46.7 Å². The molecule has 3 nitrogen and oxygen atoms in total. The van der Waals surface area contributed by atoms with Crippen molar-refractivity contribution in [1.29, 1.82) is 0 Å². The van der Waals surface area contributed by atoms with Gasteiger partial charge in [0.15, 0.2) is 0 Å². The zero-order chi connectivity index (χ0) is 14.3. The molecule has 1 aromatic carbocycles. The summed E-state index contributed by atoms with van der Waals surface area (Å²) in [5, 5.41) is 3.20. The summed E-state index contributed by atoms with van der Waals surface area (Å²) >= 11 is 2.28. The van der Waals surface area contributed by atoms with E-state index in [1.54, 1.807) is 0 Å². The van der Waals surface area contributed by atoms with Gasteiger partial charge in [-0.3, -0.25) is 9.69 Å². The molecule has 4 heteroatoms. The first-order valence-corrected chi connectivity index (χ1v) is 8.45. The van der Waals surface area contributed by atoms with E-state index in [1.807, 2.05) is 18.2 Å². The number of rotatable bonds is 3. The lowest BCUT2D eigenvalue weighted by atomic mass is 10.1. The van der Waals surface area contributed by atoms with Crippen LogP contribution in [0.1, 0.15) is 42.1 Å². The maximum absolute atomic E-state index is 12.3. The van der Waals surface area contributed by atoms with Crippen molar-refractivity contribution in [2.45, 2.75) is 51.2 Å². The van der Waals surface area contributed by atoms with Gasteiger partial charge in [-0.2, -0.15) is 0 Å². The normalized spacial score (nSPS) is 26.8. The Labute approximate surface area is 134 Å². The molecular formula is C16H21IN2O. The predicted octanol–water partition coefficient (Wildman–Crippen LogP) is 2.95. The topological polar surface area (TPSA) is 32.3 Å². The maximum Gasteiger partial charge on any atom is 0.251 e. The van der Waals surface area contributed by atoms with Crippen LogP contribution in [-0.4, -0.2) is 35.5 Å². The van der Waals surface area contributed by atoms with Crippen LogP contribution in [0.25, 0.3) is 0 Å². The fraction of sp³-hybridized carbons (Fsp3) is 0.562. The molecule has 1 aliphatic carbocycles. The average Bonchev–Trinajstić information content (AvgIpc) is 3.17. The highest BCUT2D eigenvalue weighted by molar-refractivity contribution is 14.1. The number of likely N-dealkylation sites (tertiary alicyclic amines) is 1. The molecule has 1 aliphatic heterocycles. The minimum atomic E-state index is 0.0674. The van der Waals surface area contributed by atoms with Crippen LogP contribution in [-0.2, 0) is 0 Å². The molecule has 0 aromatic heterocycles. The third kappa shape index (κ3) is 3.01.